The number of hydrogen-bond acceptors (Lipinski definition) is 3. The molecule has 0 saturated heterocycles. The van der Waals surface area contributed by atoms with E-state index in [0.29, 0.717) is 28.7 Å². The van der Waals surface area contributed by atoms with Gasteiger partial charge in [0.2, 0.25) is 10.0 Å². The van der Waals surface area contributed by atoms with Crippen LogP contribution in [0.2, 0.25) is 0 Å². The number of hydrogen-bond donors (Lipinski definition) is 0. The smallest absolute Gasteiger partial charge is 0.243 e. The summed E-state index contributed by atoms with van der Waals surface area (Å²) in [6.45, 7) is 2.75. The Kier molecular flexibility index (Phi) is 4.54. The summed E-state index contributed by atoms with van der Waals surface area (Å²) in [5.41, 5.74) is 0. The number of benzene rings is 1. The summed E-state index contributed by atoms with van der Waals surface area (Å²) in [5, 5.41) is 2.16. The topological polar surface area (TPSA) is 50.3 Å². The predicted octanol–water partition coefficient (Wildman–Crippen LogP) is 2.64. The highest BCUT2D eigenvalue weighted by Gasteiger charge is 2.24. The number of rotatable bonds is 5. The Hall–Kier alpha value is -0.980. The fourth-order valence-corrected chi connectivity index (χ4v) is 4.33. The van der Waals surface area contributed by atoms with Gasteiger partial charge < -0.3 is 0 Å². The van der Waals surface area contributed by atoms with Crippen LogP contribution in [0.4, 0.5) is 0 Å². The summed E-state index contributed by atoms with van der Waals surface area (Å²) in [4.78, 5) is 4.36. The third-order valence-corrected chi connectivity index (χ3v) is 5.33. The molecule has 2 aromatic rings. The normalized spacial score (nSPS) is 12.2. The third kappa shape index (κ3) is 2.80. The highest BCUT2D eigenvalue weighted by molar-refractivity contribution is 9.09. The molecule has 0 radical (unpaired) electrons. The van der Waals surface area contributed by atoms with Crippen LogP contribution in [0, 0.1) is 0 Å². The van der Waals surface area contributed by atoms with Crippen molar-refractivity contribution in [1.29, 1.82) is 0 Å². The number of alkyl halides is 1. The molecule has 0 saturated carbocycles. The molecule has 0 unspecified atom stereocenters. The van der Waals surface area contributed by atoms with Gasteiger partial charge in [0.15, 0.2) is 0 Å². The van der Waals surface area contributed by atoms with E-state index in [-0.39, 0.29) is 0 Å². The van der Waals surface area contributed by atoms with E-state index in [9.17, 15) is 8.42 Å². The van der Waals surface area contributed by atoms with E-state index >= 15 is 0 Å². The zero-order chi connectivity index (χ0) is 13.9. The predicted molar refractivity (Wildman–Crippen MR) is 80.0 cm³/mol. The fraction of sp³-hybridized carbons (Fsp3) is 0.308. The first kappa shape index (κ1) is 14.4. The van der Waals surface area contributed by atoms with Gasteiger partial charge in [-0.1, -0.05) is 35.0 Å². The number of sulfonamides is 1. The highest BCUT2D eigenvalue weighted by atomic mass is 79.9. The van der Waals surface area contributed by atoms with E-state index in [0.717, 1.165) is 5.39 Å². The third-order valence-electron chi connectivity index (χ3n) is 2.95. The van der Waals surface area contributed by atoms with Crippen molar-refractivity contribution in [1.82, 2.24) is 9.29 Å². The van der Waals surface area contributed by atoms with Crippen molar-refractivity contribution in [2.24, 2.45) is 0 Å². The van der Waals surface area contributed by atoms with Crippen LogP contribution in [0.5, 0.6) is 0 Å². The van der Waals surface area contributed by atoms with Crippen LogP contribution in [0.25, 0.3) is 10.8 Å². The maximum atomic E-state index is 12.7. The van der Waals surface area contributed by atoms with Gasteiger partial charge in [0, 0.05) is 41.6 Å². The Morgan fingerprint density at radius 1 is 1.32 bits per heavy atom. The second kappa shape index (κ2) is 5.98. The van der Waals surface area contributed by atoms with Gasteiger partial charge in [0.25, 0.3) is 0 Å². The Labute approximate surface area is 121 Å². The minimum atomic E-state index is -3.46. The first-order valence-corrected chi connectivity index (χ1v) is 8.56. The molecule has 0 amide bonds. The van der Waals surface area contributed by atoms with E-state index in [1.54, 1.807) is 30.6 Å². The van der Waals surface area contributed by atoms with Crippen LogP contribution >= 0.6 is 15.9 Å². The molecule has 0 aliphatic carbocycles. The molecule has 4 nitrogen and oxygen atoms in total. The summed E-state index contributed by atoms with van der Waals surface area (Å²) in [5.74, 6) is 0. The molecule has 0 bridgehead atoms. The van der Waals surface area contributed by atoms with Crippen molar-refractivity contribution in [3.05, 3.63) is 36.7 Å². The minimum absolute atomic E-state index is 0.343. The molecule has 1 aromatic carbocycles. The molecule has 0 N–H and O–H groups in total. The van der Waals surface area contributed by atoms with Gasteiger partial charge in [-0.05, 0) is 12.1 Å². The number of fused-ring (bicyclic) bond motifs is 1. The van der Waals surface area contributed by atoms with Crippen molar-refractivity contribution < 1.29 is 8.42 Å². The largest absolute Gasteiger partial charge is 0.264 e. The zero-order valence-electron chi connectivity index (χ0n) is 10.6. The lowest BCUT2D eigenvalue weighted by molar-refractivity contribution is 0.449. The Morgan fingerprint density at radius 3 is 2.79 bits per heavy atom. The molecule has 1 aromatic heterocycles. The van der Waals surface area contributed by atoms with Gasteiger partial charge in [-0.2, -0.15) is 4.31 Å². The fourth-order valence-electron chi connectivity index (χ4n) is 2.00. The van der Waals surface area contributed by atoms with Crippen molar-refractivity contribution in [3.8, 4) is 0 Å². The van der Waals surface area contributed by atoms with Crippen molar-refractivity contribution in [3.63, 3.8) is 0 Å². The quantitative estimate of drug-likeness (QED) is 0.785. The average molecular weight is 343 g/mol. The summed E-state index contributed by atoms with van der Waals surface area (Å²) in [6.07, 6.45) is 3.29. The van der Waals surface area contributed by atoms with E-state index in [1.807, 2.05) is 13.0 Å². The average Bonchev–Trinajstić information content (AvgIpc) is 2.43. The Balaban J connectivity index is 2.60. The second-order valence-corrected chi connectivity index (χ2v) is 6.74. The summed E-state index contributed by atoms with van der Waals surface area (Å²) < 4.78 is 26.8. The van der Waals surface area contributed by atoms with Crippen molar-refractivity contribution in [2.45, 2.75) is 11.8 Å². The molecule has 0 aliphatic heterocycles. The van der Waals surface area contributed by atoms with Gasteiger partial charge in [-0.25, -0.2) is 8.42 Å². The first-order chi connectivity index (χ1) is 9.11. The lowest BCUT2D eigenvalue weighted by atomic mass is 10.2. The molecular weight excluding hydrogens is 328 g/mol. The molecule has 6 heteroatoms. The molecule has 19 heavy (non-hydrogen) atoms. The molecule has 0 fully saturated rings. The van der Waals surface area contributed by atoms with Gasteiger partial charge in [-0.3, -0.25) is 4.98 Å². The molecule has 0 atom stereocenters. The molecule has 102 valence electrons. The van der Waals surface area contributed by atoms with Crippen LogP contribution in [-0.4, -0.2) is 36.1 Å². The zero-order valence-corrected chi connectivity index (χ0v) is 13.0. The molecule has 0 spiro atoms. The van der Waals surface area contributed by atoms with E-state index in [2.05, 4.69) is 20.9 Å². The highest BCUT2D eigenvalue weighted by Crippen LogP contribution is 2.24. The summed E-state index contributed by atoms with van der Waals surface area (Å²) in [7, 11) is -3.46. The SMILES string of the molecule is CCN(CCBr)S(=O)(=O)c1cccc2cnccc12. The monoisotopic (exact) mass is 342 g/mol. The van der Waals surface area contributed by atoms with Crippen molar-refractivity contribution in [2.75, 3.05) is 18.4 Å². The van der Waals surface area contributed by atoms with Crippen LogP contribution in [0.1, 0.15) is 6.92 Å². The van der Waals surface area contributed by atoms with Crippen LogP contribution in [0.15, 0.2) is 41.6 Å². The molecule has 2 rings (SSSR count). The maximum absolute atomic E-state index is 12.7. The molecule has 1 heterocycles. The number of nitrogens with zero attached hydrogens (tertiary/aromatic N) is 2. The standard InChI is InChI=1S/C13H15BrN2O2S/c1-2-16(9-7-14)19(17,18)13-5-3-4-11-10-15-8-6-12(11)13/h3-6,8,10H,2,7,9H2,1H3. The number of halogens is 1. The van der Waals surface area contributed by atoms with Gasteiger partial charge in [0.1, 0.15) is 0 Å². The van der Waals surface area contributed by atoms with Crippen LogP contribution in [-0.2, 0) is 10.0 Å². The lowest BCUT2D eigenvalue weighted by Gasteiger charge is -2.20. The number of pyridine rings is 1. The van der Waals surface area contributed by atoms with E-state index < -0.39 is 10.0 Å². The summed E-state index contributed by atoms with van der Waals surface area (Å²) in [6, 6.07) is 7.00. The number of aromatic nitrogens is 1. The van der Waals surface area contributed by atoms with Gasteiger partial charge in [-0.15, -0.1) is 0 Å². The molecular formula is C13H15BrN2O2S. The Morgan fingerprint density at radius 2 is 2.11 bits per heavy atom. The first-order valence-electron chi connectivity index (χ1n) is 6.00. The van der Waals surface area contributed by atoms with E-state index in [1.165, 1.54) is 4.31 Å². The second-order valence-electron chi connectivity index (χ2n) is 4.04. The summed E-state index contributed by atoms with van der Waals surface area (Å²) >= 11 is 3.29. The maximum Gasteiger partial charge on any atom is 0.243 e. The molecule has 0 aliphatic rings. The van der Waals surface area contributed by atoms with Gasteiger partial charge >= 0.3 is 0 Å². The van der Waals surface area contributed by atoms with Crippen molar-refractivity contribution >= 4 is 36.7 Å². The van der Waals surface area contributed by atoms with Crippen LogP contribution < -0.4 is 0 Å². The van der Waals surface area contributed by atoms with Gasteiger partial charge in [0.05, 0.1) is 4.90 Å². The lowest BCUT2D eigenvalue weighted by Crippen LogP contribution is -2.32. The van der Waals surface area contributed by atoms with E-state index in [4.69, 9.17) is 0 Å². The Bertz CT molecular complexity index is 668. The minimum Gasteiger partial charge on any atom is -0.264 e. The van der Waals surface area contributed by atoms with Crippen LogP contribution in [0.3, 0.4) is 0 Å².